The van der Waals surface area contributed by atoms with Crippen molar-refractivity contribution >= 4 is 0 Å². The van der Waals surface area contributed by atoms with Crippen molar-refractivity contribution in [3.63, 3.8) is 0 Å². The molecular formula is C23H44. The SMILES string of the molecule is CCCCCC1CC1CC1CC1CCCCCCCC(C)(C)C. The lowest BCUT2D eigenvalue weighted by atomic mass is 9.89. The molecule has 0 saturated heterocycles. The molecule has 2 rings (SSSR count). The lowest BCUT2D eigenvalue weighted by Gasteiger charge is -2.17. The monoisotopic (exact) mass is 320 g/mol. The third kappa shape index (κ3) is 8.59. The van der Waals surface area contributed by atoms with E-state index < -0.39 is 0 Å². The predicted molar refractivity (Wildman–Crippen MR) is 104 cm³/mol. The normalized spacial score (nSPS) is 29.7. The third-order valence-corrected chi connectivity index (χ3v) is 6.42. The summed E-state index contributed by atoms with van der Waals surface area (Å²) in [5, 5.41) is 0. The van der Waals surface area contributed by atoms with Gasteiger partial charge in [-0.3, -0.25) is 0 Å². The van der Waals surface area contributed by atoms with Gasteiger partial charge in [0.2, 0.25) is 0 Å². The predicted octanol–water partition coefficient (Wildman–Crippen LogP) is 8.01. The maximum atomic E-state index is 2.37. The number of hydrogen-bond acceptors (Lipinski definition) is 0. The minimum atomic E-state index is 0.540. The standard InChI is InChI=1S/C23H44/c1-5-6-10-13-19-16-21(19)18-22-17-20(22)14-11-8-7-9-12-15-23(2,3)4/h19-22H,5-18H2,1-4H3. The van der Waals surface area contributed by atoms with Gasteiger partial charge in [-0.1, -0.05) is 91.9 Å². The molecule has 0 bridgehead atoms. The molecule has 0 N–H and O–H groups in total. The van der Waals surface area contributed by atoms with E-state index in [1.54, 1.807) is 32.1 Å². The zero-order chi connectivity index (χ0) is 16.7. The highest BCUT2D eigenvalue weighted by Crippen LogP contribution is 2.54. The average molecular weight is 321 g/mol. The maximum absolute atomic E-state index is 2.37. The van der Waals surface area contributed by atoms with Crippen LogP contribution in [0, 0.1) is 29.1 Å². The highest BCUT2D eigenvalue weighted by Gasteiger charge is 2.44. The lowest BCUT2D eigenvalue weighted by molar-refractivity contribution is 0.356. The van der Waals surface area contributed by atoms with Crippen molar-refractivity contribution in [2.24, 2.45) is 29.1 Å². The van der Waals surface area contributed by atoms with Crippen LogP contribution in [0.25, 0.3) is 0 Å². The number of unbranched alkanes of at least 4 members (excludes halogenated alkanes) is 6. The second-order valence-corrected chi connectivity index (χ2v) is 10.1. The van der Waals surface area contributed by atoms with Crippen molar-refractivity contribution in [1.82, 2.24) is 0 Å². The van der Waals surface area contributed by atoms with Crippen molar-refractivity contribution in [3.05, 3.63) is 0 Å². The fourth-order valence-corrected chi connectivity index (χ4v) is 4.54. The fraction of sp³-hybridized carbons (Fsp3) is 1.00. The topological polar surface area (TPSA) is 0 Å². The van der Waals surface area contributed by atoms with Gasteiger partial charge in [0.1, 0.15) is 0 Å². The van der Waals surface area contributed by atoms with E-state index in [9.17, 15) is 0 Å². The summed E-state index contributed by atoms with van der Waals surface area (Å²) in [6, 6.07) is 0. The van der Waals surface area contributed by atoms with Crippen molar-refractivity contribution in [2.75, 3.05) is 0 Å². The molecule has 23 heavy (non-hydrogen) atoms. The van der Waals surface area contributed by atoms with Crippen LogP contribution in [-0.2, 0) is 0 Å². The number of rotatable bonds is 13. The van der Waals surface area contributed by atoms with Gasteiger partial charge in [0.25, 0.3) is 0 Å². The molecule has 0 heteroatoms. The molecule has 2 aliphatic carbocycles. The molecule has 2 aliphatic rings. The Balaban J connectivity index is 1.36. The molecule has 2 fully saturated rings. The summed E-state index contributed by atoms with van der Waals surface area (Å²) in [5.74, 6) is 4.59. The molecule has 136 valence electrons. The largest absolute Gasteiger partial charge is 0.0654 e. The smallest absolute Gasteiger partial charge is 0.0380 e. The summed E-state index contributed by atoms with van der Waals surface area (Å²) in [6.45, 7) is 9.43. The van der Waals surface area contributed by atoms with E-state index in [1.165, 1.54) is 57.8 Å². The molecule has 0 amide bonds. The van der Waals surface area contributed by atoms with Gasteiger partial charge in [-0.2, -0.15) is 0 Å². The highest BCUT2D eigenvalue weighted by atomic mass is 14.5. The van der Waals surface area contributed by atoms with Gasteiger partial charge < -0.3 is 0 Å². The molecule has 0 aromatic rings. The molecule has 4 atom stereocenters. The minimum absolute atomic E-state index is 0.540. The van der Waals surface area contributed by atoms with Crippen LogP contribution in [0.1, 0.15) is 118 Å². The Labute approximate surface area is 147 Å². The molecular weight excluding hydrogens is 276 g/mol. The van der Waals surface area contributed by atoms with E-state index in [2.05, 4.69) is 27.7 Å². The molecule has 0 aliphatic heterocycles. The minimum Gasteiger partial charge on any atom is -0.0654 e. The molecule has 2 saturated carbocycles. The molecule has 0 radical (unpaired) electrons. The first-order valence-corrected chi connectivity index (χ1v) is 11.0. The maximum Gasteiger partial charge on any atom is -0.0380 e. The van der Waals surface area contributed by atoms with Crippen molar-refractivity contribution in [3.8, 4) is 0 Å². The Morgan fingerprint density at radius 1 is 0.652 bits per heavy atom. The second kappa shape index (κ2) is 9.47. The summed E-state index contributed by atoms with van der Waals surface area (Å²) >= 11 is 0. The summed E-state index contributed by atoms with van der Waals surface area (Å²) in [6.07, 6.45) is 21.0. The first kappa shape index (κ1) is 19.3. The van der Waals surface area contributed by atoms with Crippen LogP contribution < -0.4 is 0 Å². The van der Waals surface area contributed by atoms with E-state index in [0.29, 0.717) is 5.41 Å². The van der Waals surface area contributed by atoms with Gasteiger partial charge in [-0.15, -0.1) is 0 Å². The van der Waals surface area contributed by atoms with Gasteiger partial charge in [-0.25, -0.2) is 0 Å². The van der Waals surface area contributed by atoms with E-state index in [-0.39, 0.29) is 0 Å². The van der Waals surface area contributed by atoms with Crippen LogP contribution >= 0.6 is 0 Å². The van der Waals surface area contributed by atoms with Gasteiger partial charge >= 0.3 is 0 Å². The van der Waals surface area contributed by atoms with Crippen LogP contribution in [0.3, 0.4) is 0 Å². The van der Waals surface area contributed by atoms with Gasteiger partial charge in [-0.05, 0) is 54.8 Å². The molecule has 0 nitrogen and oxygen atoms in total. The summed E-state index contributed by atoms with van der Waals surface area (Å²) in [5.41, 5.74) is 0.540. The van der Waals surface area contributed by atoms with E-state index in [4.69, 9.17) is 0 Å². The highest BCUT2D eigenvalue weighted by molar-refractivity contribution is 4.94. The van der Waals surface area contributed by atoms with Crippen LogP contribution in [0.5, 0.6) is 0 Å². The van der Waals surface area contributed by atoms with E-state index in [1.807, 2.05) is 0 Å². The fourth-order valence-electron chi connectivity index (χ4n) is 4.54. The van der Waals surface area contributed by atoms with Crippen LogP contribution in [0.4, 0.5) is 0 Å². The molecule has 0 heterocycles. The summed E-state index contributed by atoms with van der Waals surface area (Å²) in [7, 11) is 0. The molecule has 0 aromatic heterocycles. The Bertz CT molecular complexity index is 310. The second-order valence-electron chi connectivity index (χ2n) is 10.1. The zero-order valence-corrected chi connectivity index (χ0v) is 16.7. The third-order valence-electron chi connectivity index (χ3n) is 6.42. The Kier molecular flexibility index (Phi) is 7.96. The first-order valence-electron chi connectivity index (χ1n) is 11.0. The number of hydrogen-bond donors (Lipinski definition) is 0. The van der Waals surface area contributed by atoms with E-state index in [0.717, 1.165) is 23.7 Å². The van der Waals surface area contributed by atoms with Crippen molar-refractivity contribution in [2.45, 2.75) is 118 Å². The summed E-state index contributed by atoms with van der Waals surface area (Å²) in [4.78, 5) is 0. The van der Waals surface area contributed by atoms with Crippen molar-refractivity contribution < 1.29 is 0 Å². The molecule has 0 spiro atoms. The van der Waals surface area contributed by atoms with Gasteiger partial charge in [0.05, 0.1) is 0 Å². The van der Waals surface area contributed by atoms with Crippen molar-refractivity contribution in [1.29, 1.82) is 0 Å². The molecule has 0 aromatic carbocycles. The summed E-state index contributed by atoms with van der Waals surface area (Å²) < 4.78 is 0. The molecule has 4 unspecified atom stereocenters. The Hall–Kier alpha value is 0. The first-order chi connectivity index (χ1) is 11.0. The Morgan fingerprint density at radius 3 is 1.74 bits per heavy atom. The van der Waals surface area contributed by atoms with Gasteiger partial charge in [0, 0.05) is 0 Å². The quantitative estimate of drug-likeness (QED) is 0.301. The van der Waals surface area contributed by atoms with Crippen LogP contribution in [-0.4, -0.2) is 0 Å². The van der Waals surface area contributed by atoms with E-state index >= 15 is 0 Å². The Morgan fingerprint density at radius 2 is 1.17 bits per heavy atom. The average Bonchev–Trinajstić information content (AvgIpc) is 3.37. The van der Waals surface area contributed by atoms with Gasteiger partial charge in [0.15, 0.2) is 0 Å². The van der Waals surface area contributed by atoms with Crippen LogP contribution in [0.15, 0.2) is 0 Å². The zero-order valence-electron chi connectivity index (χ0n) is 16.7. The lowest BCUT2D eigenvalue weighted by Crippen LogP contribution is -2.03. The van der Waals surface area contributed by atoms with Crippen LogP contribution in [0.2, 0.25) is 0 Å².